The van der Waals surface area contributed by atoms with Gasteiger partial charge >= 0.3 is 0 Å². The largest absolute Gasteiger partial charge is 0.389 e. The average molecular weight is 250 g/mol. The fraction of sp³-hybridized carbons (Fsp3) is 0.500. The molecule has 1 aromatic heterocycles. The number of rotatable bonds is 5. The standard InChI is InChI=1S/C12H18N4S/c13-12(17)10-3-4-14-11(9-10)15-5-8-16-6-1-2-7-16/h3-4,9H,1-2,5-8H2,(H2,13,17)(H,14,15). The SMILES string of the molecule is NC(=S)c1ccnc(NCCN2CCCC2)c1. The molecule has 0 atom stereocenters. The summed E-state index contributed by atoms with van der Waals surface area (Å²) >= 11 is 4.94. The first-order valence-corrected chi connectivity index (χ1v) is 6.38. The fourth-order valence-corrected chi connectivity index (χ4v) is 2.16. The van der Waals surface area contributed by atoms with Crippen LogP contribution >= 0.6 is 12.2 Å². The Hall–Kier alpha value is -1.20. The molecule has 4 nitrogen and oxygen atoms in total. The highest BCUT2D eigenvalue weighted by Gasteiger charge is 2.10. The van der Waals surface area contributed by atoms with Gasteiger partial charge < -0.3 is 16.0 Å². The van der Waals surface area contributed by atoms with Gasteiger partial charge in [0.05, 0.1) is 0 Å². The van der Waals surface area contributed by atoms with Crippen molar-refractivity contribution in [2.24, 2.45) is 5.73 Å². The first-order valence-electron chi connectivity index (χ1n) is 5.98. The molecule has 5 heteroatoms. The van der Waals surface area contributed by atoms with Crippen molar-refractivity contribution in [1.82, 2.24) is 9.88 Å². The van der Waals surface area contributed by atoms with Gasteiger partial charge in [-0.15, -0.1) is 0 Å². The fourth-order valence-electron chi connectivity index (χ4n) is 2.03. The van der Waals surface area contributed by atoms with Crippen LogP contribution in [0, 0.1) is 0 Å². The molecule has 3 N–H and O–H groups in total. The zero-order valence-electron chi connectivity index (χ0n) is 9.85. The van der Waals surface area contributed by atoms with Crippen molar-refractivity contribution in [1.29, 1.82) is 0 Å². The molecule has 17 heavy (non-hydrogen) atoms. The number of anilines is 1. The second-order valence-electron chi connectivity index (χ2n) is 4.27. The Morgan fingerprint density at radius 3 is 2.94 bits per heavy atom. The lowest BCUT2D eigenvalue weighted by atomic mass is 10.2. The smallest absolute Gasteiger partial charge is 0.126 e. The molecule has 0 bridgehead atoms. The zero-order chi connectivity index (χ0) is 12.1. The highest BCUT2D eigenvalue weighted by molar-refractivity contribution is 7.80. The molecule has 0 spiro atoms. The van der Waals surface area contributed by atoms with Crippen LogP contribution in [-0.4, -0.2) is 41.1 Å². The summed E-state index contributed by atoms with van der Waals surface area (Å²) < 4.78 is 0. The van der Waals surface area contributed by atoms with Gasteiger partial charge in [-0.25, -0.2) is 4.98 Å². The van der Waals surface area contributed by atoms with Crippen molar-refractivity contribution in [3.63, 3.8) is 0 Å². The maximum absolute atomic E-state index is 5.58. The molecule has 1 aromatic rings. The van der Waals surface area contributed by atoms with Crippen molar-refractivity contribution >= 4 is 23.0 Å². The Kier molecular flexibility index (Phi) is 4.28. The lowest BCUT2D eigenvalue weighted by Crippen LogP contribution is -2.26. The first-order chi connectivity index (χ1) is 8.25. The second kappa shape index (κ2) is 5.93. The van der Waals surface area contributed by atoms with E-state index in [1.54, 1.807) is 6.20 Å². The van der Waals surface area contributed by atoms with Crippen LogP contribution in [-0.2, 0) is 0 Å². The molecule has 0 aromatic carbocycles. The third-order valence-corrected chi connectivity index (χ3v) is 3.21. The average Bonchev–Trinajstić information content (AvgIpc) is 2.82. The van der Waals surface area contributed by atoms with Crippen LogP contribution in [0.25, 0.3) is 0 Å². The van der Waals surface area contributed by atoms with Gasteiger partial charge in [0.25, 0.3) is 0 Å². The van der Waals surface area contributed by atoms with Crippen LogP contribution in [0.15, 0.2) is 18.3 Å². The minimum atomic E-state index is 0.412. The van der Waals surface area contributed by atoms with E-state index >= 15 is 0 Å². The van der Waals surface area contributed by atoms with Gasteiger partial charge in [-0.2, -0.15) is 0 Å². The molecule has 1 fully saturated rings. The van der Waals surface area contributed by atoms with E-state index in [-0.39, 0.29) is 0 Å². The quantitative estimate of drug-likeness (QED) is 0.770. The molecular formula is C12H18N4S. The van der Waals surface area contributed by atoms with Crippen molar-refractivity contribution in [3.8, 4) is 0 Å². The number of likely N-dealkylation sites (tertiary alicyclic amines) is 1. The van der Waals surface area contributed by atoms with Gasteiger partial charge in [0.2, 0.25) is 0 Å². The molecule has 1 saturated heterocycles. The van der Waals surface area contributed by atoms with E-state index in [9.17, 15) is 0 Å². The van der Waals surface area contributed by atoms with Crippen LogP contribution in [0.5, 0.6) is 0 Å². The Morgan fingerprint density at radius 2 is 2.24 bits per heavy atom. The summed E-state index contributed by atoms with van der Waals surface area (Å²) in [5.74, 6) is 0.842. The number of nitrogens with two attached hydrogens (primary N) is 1. The summed E-state index contributed by atoms with van der Waals surface area (Å²) in [6.07, 6.45) is 4.39. The van der Waals surface area contributed by atoms with Crippen molar-refractivity contribution in [2.75, 3.05) is 31.5 Å². The molecule has 1 aliphatic heterocycles. The van der Waals surface area contributed by atoms with Crippen LogP contribution in [0.1, 0.15) is 18.4 Å². The van der Waals surface area contributed by atoms with Crippen molar-refractivity contribution in [3.05, 3.63) is 23.9 Å². The Balaban J connectivity index is 1.81. The monoisotopic (exact) mass is 250 g/mol. The molecule has 0 amide bonds. The topological polar surface area (TPSA) is 54.2 Å². The van der Waals surface area contributed by atoms with Crippen LogP contribution in [0.2, 0.25) is 0 Å². The summed E-state index contributed by atoms with van der Waals surface area (Å²) in [6, 6.07) is 3.72. The minimum Gasteiger partial charge on any atom is -0.389 e. The van der Waals surface area contributed by atoms with Gasteiger partial charge in [-0.1, -0.05) is 12.2 Å². The number of hydrogen-bond donors (Lipinski definition) is 2. The molecule has 92 valence electrons. The molecule has 0 saturated carbocycles. The molecule has 0 radical (unpaired) electrons. The van der Waals surface area contributed by atoms with Gasteiger partial charge in [-0.3, -0.25) is 0 Å². The summed E-state index contributed by atoms with van der Waals surface area (Å²) in [6.45, 7) is 4.43. The maximum Gasteiger partial charge on any atom is 0.126 e. The van der Waals surface area contributed by atoms with Crippen LogP contribution in [0.4, 0.5) is 5.82 Å². The Bertz CT molecular complexity index is 388. The van der Waals surface area contributed by atoms with E-state index in [1.165, 1.54) is 25.9 Å². The van der Waals surface area contributed by atoms with E-state index in [4.69, 9.17) is 18.0 Å². The van der Waals surface area contributed by atoms with E-state index in [0.717, 1.165) is 24.5 Å². The normalized spacial score (nSPS) is 16.0. The van der Waals surface area contributed by atoms with E-state index in [0.29, 0.717) is 4.99 Å². The van der Waals surface area contributed by atoms with E-state index < -0.39 is 0 Å². The summed E-state index contributed by atoms with van der Waals surface area (Å²) in [5, 5.41) is 3.30. The lowest BCUT2D eigenvalue weighted by Gasteiger charge is -2.15. The third kappa shape index (κ3) is 3.64. The number of thiocarbonyl (C=S) groups is 1. The van der Waals surface area contributed by atoms with Gasteiger partial charge in [0.1, 0.15) is 10.8 Å². The molecule has 1 aliphatic rings. The van der Waals surface area contributed by atoms with Crippen LogP contribution in [0.3, 0.4) is 0 Å². The highest BCUT2D eigenvalue weighted by Crippen LogP contribution is 2.08. The summed E-state index contributed by atoms with van der Waals surface area (Å²) in [5.41, 5.74) is 6.44. The Labute approximate surface area is 107 Å². The number of hydrogen-bond acceptors (Lipinski definition) is 4. The molecule has 0 aliphatic carbocycles. The van der Waals surface area contributed by atoms with Gasteiger partial charge in [-0.05, 0) is 38.1 Å². The lowest BCUT2D eigenvalue weighted by molar-refractivity contribution is 0.352. The summed E-state index contributed by atoms with van der Waals surface area (Å²) in [7, 11) is 0. The first kappa shape index (κ1) is 12.3. The molecule has 2 rings (SSSR count). The molecule has 2 heterocycles. The van der Waals surface area contributed by atoms with Crippen molar-refractivity contribution in [2.45, 2.75) is 12.8 Å². The number of nitrogens with zero attached hydrogens (tertiary/aromatic N) is 2. The maximum atomic E-state index is 5.58. The number of pyridine rings is 1. The van der Waals surface area contributed by atoms with Crippen molar-refractivity contribution < 1.29 is 0 Å². The number of nitrogens with one attached hydrogen (secondary N) is 1. The zero-order valence-corrected chi connectivity index (χ0v) is 10.7. The minimum absolute atomic E-state index is 0.412. The number of aromatic nitrogens is 1. The molecule has 0 unspecified atom stereocenters. The predicted molar refractivity (Wildman–Crippen MR) is 74.3 cm³/mol. The highest BCUT2D eigenvalue weighted by atomic mass is 32.1. The molecular weight excluding hydrogens is 232 g/mol. The van der Waals surface area contributed by atoms with E-state index in [1.807, 2.05) is 12.1 Å². The van der Waals surface area contributed by atoms with Gasteiger partial charge in [0, 0.05) is 24.8 Å². The van der Waals surface area contributed by atoms with Gasteiger partial charge in [0.15, 0.2) is 0 Å². The van der Waals surface area contributed by atoms with E-state index in [2.05, 4.69) is 15.2 Å². The predicted octanol–water partition coefficient (Wildman–Crippen LogP) is 1.22. The Morgan fingerprint density at radius 1 is 1.47 bits per heavy atom. The third-order valence-electron chi connectivity index (χ3n) is 2.98. The van der Waals surface area contributed by atoms with Crippen LogP contribution < -0.4 is 11.1 Å². The summed E-state index contributed by atoms with van der Waals surface area (Å²) in [4.78, 5) is 7.12. The second-order valence-corrected chi connectivity index (χ2v) is 4.71.